The molecule has 1 aromatic carbocycles. The lowest BCUT2D eigenvalue weighted by atomic mass is 9.91. The van der Waals surface area contributed by atoms with Crippen LogP contribution in [0.15, 0.2) is 40.9 Å². The predicted octanol–water partition coefficient (Wildman–Crippen LogP) is 3.00. The molecule has 0 bridgehead atoms. The number of nitrogens with one attached hydrogen (secondary N) is 3. The minimum absolute atomic E-state index is 0.0301. The van der Waals surface area contributed by atoms with Gasteiger partial charge in [-0.1, -0.05) is 56.3 Å². The van der Waals surface area contributed by atoms with Crippen LogP contribution in [0.25, 0.3) is 0 Å². The van der Waals surface area contributed by atoms with E-state index >= 15 is 0 Å². The normalized spacial score (nSPS) is 17.8. The van der Waals surface area contributed by atoms with E-state index in [0.29, 0.717) is 18.1 Å². The van der Waals surface area contributed by atoms with Crippen molar-refractivity contribution in [3.63, 3.8) is 0 Å². The first kappa shape index (κ1) is 30.4. The monoisotopic (exact) mass is 566 g/mol. The first-order chi connectivity index (χ1) is 19.6. The highest BCUT2D eigenvalue weighted by molar-refractivity contribution is 5.98. The summed E-state index contributed by atoms with van der Waals surface area (Å²) in [5, 5.41) is 12.2. The van der Waals surface area contributed by atoms with Crippen LogP contribution in [0.4, 0.5) is 0 Å². The molecule has 0 unspecified atom stereocenters. The van der Waals surface area contributed by atoms with Crippen molar-refractivity contribution in [3.8, 4) is 0 Å². The van der Waals surface area contributed by atoms with Crippen molar-refractivity contribution in [2.24, 2.45) is 17.3 Å². The molecule has 2 aromatic rings. The molecule has 3 atom stereocenters. The zero-order valence-electron chi connectivity index (χ0n) is 24.4. The molecule has 3 N–H and O–H groups in total. The lowest BCUT2D eigenvalue weighted by Crippen LogP contribution is -2.57. The SMILES string of the molecule is COC[C@H](NC(=O)c1cc(CC2CC2)on1)C(=O)N[C@@H](Cc1ccccc1)C(=O)N[C@@H](CC(C)C)C(=O)C1(C)CC1. The molecular formula is C31H42N4O6. The van der Waals surface area contributed by atoms with Crippen LogP contribution >= 0.6 is 0 Å². The largest absolute Gasteiger partial charge is 0.382 e. The number of ketones is 1. The van der Waals surface area contributed by atoms with Crippen LogP contribution in [0.5, 0.6) is 0 Å². The molecule has 1 heterocycles. The fraction of sp³-hybridized carbons (Fsp3) is 0.581. The number of carbonyl (C=O) groups excluding carboxylic acids is 4. The van der Waals surface area contributed by atoms with Crippen molar-refractivity contribution in [3.05, 3.63) is 53.4 Å². The minimum atomic E-state index is -1.08. The van der Waals surface area contributed by atoms with Gasteiger partial charge in [-0.25, -0.2) is 0 Å². The summed E-state index contributed by atoms with van der Waals surface area (Å²) < 4.78 is 10.5. The Morgan fingerprint density at radius 3 is 2.27 bits per heavy atom. The Morgan fingerprint density at radius 2 is 1.66 bits per heavy atom. The van der Waals surface area contributed by atoms with Gasteiger partial charge < -0.3 is 25.2 Å². The average molecular weight is 567 g/mol. The van der Waals surface area contributed by atoms with E-state index in [1.165, 1.54) is 7.11 Å². The van der Waals surface area contributed by atoms with Gasteiger partial charge in [-0.2, -0.15) is 0 Å². The van der Waals surface area contributed by atoms with E-state index in [1.807, 2.05) is 51.1 Å². The third-order valence-corrected chi connectivity index (χ3v) is 7.78. The Kier molecular flexibility index (Phi) is 9.96. The van der Waals surface area contributed by atoms with Crippen molar-refractivity contribution in [2.75, 3.05) is 13.7 Å². The van der Waals surface area contributed by atoms with Crippen LogP contribution in [-0.2, 0) is 32.0 Å². The molecule has 2 fully saturated rings. The van der Waals surface area contributed by atoms with Crippen molar-refractivity contribution >= 4 is 23.5 Å². The van der Waals surface area contributed by atoms with E-state index in [4.69, 9.17) is 9.26 Å². The number of hydrogen-bond donors (Lipinski definition) is 3. The number of Topliss-reactive ketones (excluding diaryl/α,β-unsaturated/α-hetero) is 1. The summed E-state index contributed by atoms with van der Waals surface area (Å²) in [5.41, 5.74) is 0.516. The molecule has 2 saturated carbocycles. The first-order valence-corrected chi connectivity index (χ1v) is 14.5. The van der Waals surface area contributed by atoms with Gasteiger partial charge in [0, 0.05) is 31.4 Å². The number of benzene rings is 1. The van der Waals surface area contributed by atoms with E-state index in [0.717, 1.165) is 37.7 Å². The highest BCUT2D eigenvalue weighted by Gasteiger charge is 2.48. The van der Waals surface area contributed by atoms with Crippen molar-refractivity contribution < 1.29 is 28.4 Å². The molecule has 4 rings (SSSR count). The van der Waals surface area contributed by atoms with Gasteiger partial charge in [-0.3, -0.25) is 19.2 Å². The topological polar surface area (TPSA) is 140 Å². The molecule has 41 heavy (non-hydrogen) atoms. The van der Waals surface area contributed by atoms with E-state index in [9.17, 15) is 19.2 Å². The van der Waals surface area contributed by atoms with Crippen molar-refractivity contribution in [1.29, 1.82) is 0 Å². The molecule has 0 spiro atoms. The molecule has 1 aromatic heterocycles. The quantitative estimate of drug-likeness (QED) is 0.284. The first-order valence-electron chi connectivity index (χ1n) is 14.5. The summed E-state index contributed by atoms with van der Waals surface area (Å²) in [7, 11) is 1.42. The molecule has 10 heteroatoms. The maximum atomic E-state index is 13.6. The minimum Gasteiger partial charge on any atom is -0.382 e. The van der Waals surface area contributed by atoms with Gasteiger partial charge in [0.1, 0.15) is 17.8 Å². The highest BCUT2D eigenvalue weighted by Crippen LogP contribution is 2.47. The number of methoxy groups -OCH3 is 1. The lowest BCUT2D eigenvalue weighted by molar-refractivity contribution is -0.133. The summed E-state index contributed by atoms with van der Waals surface area (Å²) in [6.45, 7) is 5.83. The molecule has 0 saturated heterocycles. The zero-order chi connectivity index (χ0) is 29.6. The van der Waals surface area contributed by atoms with Gasteiger partial charge in [0.2, 0.25) is 11.8 Å². The predicted molar refractivity (Wildman–Crippen MR) is 152 cm³/mol. The van der Waals surface area contributed by atoms with Gasteiger partial charge in [0.05, 0.1) is 12.6 Å². The van der Waals surface area contributed by atoms with Gasteiger partial charge in [0.15, 0.2) is 11.5 Å². The smallest absolute Gasteiger partial charge is 0.274 e. The molecule has 222 valence electrons. The zero-order valence-corrected chi connectivity index (χ0v) is 24.4. The van der Waals surface area contributed by atoms with Gasteiger partial charge in [-0.05, 0) is 49.5 Å². The second-order valence-electron chi connectivity index (χ2n) is 12.2. The van der Waals surface area contributed by atoms with Crippen molar-refractivity contribution in [1.82, 2.24) is 21.1 Å². The number of nitrogens with zero attached hydrogens (tertiary/aromatic N) is 1. The Morgan fingerprint density at radius 1 is 1.00 bits per heavy atom. The van der Waals surface area contributed by atoms with Crippen molar-refractivity contribution in [2.45, 2.75) is 83.8 Å². The maximum Gasteiger partial charge on any atom is 0.274 e. The molecule has 2 aliphatic rings. The number of hydrogen-bond acceptors (Lipinski definition) is 7. The van der Waals surface area contributed by atoms with E-state index < -0.39 is 41.3 Å². The van der Waals surface area contributed by atoms with E-state index in [-0.39, 0.29) is 30.4 Å². The Balaban J connectivity index is 1.46. The number of rotatable bonds is 16. The van der Waals surface area contributed by atoms with Gasteiger partial charge in [0.25, 0.3) is 5.91 Å². The van der Waals surface area contributed by atoms with Crippen LogP contribution in [0, 0.1) is 17.3 Å². The van der Waals surface area contributed by atoms with Gasteiger partial charge >= 0.3 is 0 Å². The van der Waals surface area contributed by atoms with Crippen LogP contribution < -0.4 is 16.0 Å². The molecule has 0 radical (unpaired) electrons. The van der Waals surface area contributed by atoms with Crippen LogP contribution in [-0.4, -0.2) is 60.5 Å². The number of aromatic nitrogens is 1. The third-order valence-electron chi connectivity index (χ3n) is 7.78. The molecular weight excluding hydrogens is 524 g/mol. The Hall–Kier alpha value is -3.53. The van der Waals surface area contributed by atoms with Gasteiger partial charge in [-0.15, -0.1) is 0 Å². The fourth-order valence-electron chi connectivity index (χ4n) is 4.87. The summed E-state index contributed by atoms with van der Waals surface area (Å²) in [6, 6.07) is 8.20. The third kappa shape index (κ3) is 8.73. The summed E-state index contributed by atoms with van der Waals surface area (Å²) >= 11 is 0. The van der Waals surface area contributed by atoms with Crippen LogP contribution in [0.2, 0.25) is 0 Å². The highest BCUT2D eigenvalue weighted by atomic mass is 16.5. The molecule has 3 amide bonds. The number of carbonyl (C=O) groups is 4. The fourth-order valence-corrected chi connectivity index (χ4v) is 4.87. The average Bonchev–Trinajstić information content (AvgIpc) is 3.85. The molecule has 0 aliphatic heterocycles. The summed E-state index contributed by atoms with van der Waals surface area (Å²) in [6.07, 6.45) is 5.36. The second-order valence-corrected chi connectivity index (χ2v) is 12.2. The summed E-state index contributed by atoms with van der Waals surface area (Å²) in [5.74, 6) is -0.180. The standard InChI is InChI=1S/C31H42N4O6/c1-19(2)14-23(27(36)31(3)12-13-31)32-28(37)24(16-20-8-6-5-7-9-20)33-30(39)26(18-40-4)34-29(38)25-17-22(41-35-25)15-21-10-11-21/h5-9,17,19,21,23-24,26H,10-16,18H2,1-4H3,(H,32,37)(H,33,39)(H,34,38)/t23-,24-,26-/m0/s1. The van der Waals surface area contributed by atoms with Crippen LogP contribution in [0.1, 0.15) is 74.7 Å². The summed E-state index contributed by atoms with van der Waals surface area (Å²) in [4.78, 5) is 53.2. The Bertz CT molecular complexity index is 1220. The van der Waals surface area contributed by atoms with E-state index in [2.05, 4.69) is 21.1 Å². The second kappa shape index (κ2) is 13.4. The maximum absolute atomic E-state index is 13.6. The van der Waals surface area contributed by atoms with E-state index in [1.54, 1.807) is 6.07 Å². The number of ether oxygens (including phenoxy) is 1. The number of amides is 3. The van der Waals surface area contributed by atoms with Crippen LogP contribution in [0.3, 0.4) is 0 Å². The molecule has 2 aliphatic carbocycles. The Labute approximate surface area is 241 Å². The lowest BCUT2D eigenvalue weighted by Gasteiger charge is -2.27. The molecule has 10 nitrogen and oxygen atoms in total.